The molecule has 0 aromatic carbocycles. The van der Waals surface area contributed by atoms with Crippen LogP contribution in [0, 0.1) is 0 Å². The van der Waals surface area contributed by atoms with Crippen LogP contribution in [-0.2, 0) is 9.53 Å². The van der Waals surface area contributed by atoms with E-state index in [1.165, 1.54) is 0 Å². The van der Waals surface area contributed by atoms with Crippen LogP contribution in [0.2, 0.25) is 0 Å². The average Bonchev–Trinajstić information content (AvgIpc) is 3.03. The fourth-order valence-electron chi connectivity index (χ4n) is 2.59. The SMILES string of the molecule is O=C(CC1CNCCO1)N1CCN(c2nccs2)CC1. The highest BCUT2D eigenvalue weighted by Crippen LogP contribution is 2.19. The van der Waals surface area contributed by atoms with Gasteiger partial charge in [0.25, 0.3) is 0 Å². The molecule has 3 heterocycles. The number of ether oxygens (including phenoxy) is 1. The van der Waals surface area contributed by atoms with Crippen LogP contribution in [0.5, 0.6) is 0 Å². The number of anilines is 1. The summed E-state index contributed by atoms with van der Waals surface area (Å²) in [6.45, 7) is 5.65. The van der Waals surface area contributed by atoms with Crippen LogP contribution < -0.4 is 10.2 Å². The fraction of sp³-hybridized carbons (Fsp3) is 0.692. The lowest BCUT2D eigenvalue weighted by Crippen LogP contribution is -2.50. The number of hydrogen-bond donors (Lipinski definition) is 1. The van der Waals surface area contributed by atoms with Crippen molar-refractivity contribution < 1.29 is 9.53 Å². The number of carbonyl (C=O) groups excluding carboxylic acids is 1. The molecule has 20 heavy (non-hydrogen) atoms. The summed E-state index contributed by atoms with van der Waals surface area (Å²) in [4.78, 5) is 20.8. The molecule has 3 rings (SSSR count). The average molecular weight is 296 g/mol. The molecule has 0 aliphatic carbocycles. The maximum Gasteiger partial charge on any atom is 0.225 e. The van der Waals surface area contributed by atoms with Crippen molar-refractivity contribution in [1.82, 2.24) is 15.2 Å². The van der Waals surface area contributed by atoms with Gasteiger partial charge in [-0.15, -0.1) is 11.3 Å². The Morgan fingerprint density at radius 3 is 2.95 bits per heavy atom. The minimum atomic E-state index is 0.0354. The number of nitrogens with zero attached hydrogens (tertiary/aromatic N) is 3. The number of rotatable bonds is 3. The summed E-state index contributed by atoms with van der Waals surface area (Å²) in [5.74, 6) is 0.206. The number of amides is 1. The minimum absolute atomic E-state index is 0.0354. The maximum atomic E-state index is 12.2. The van der Waals surface area contributed by atoms with Crippen molar-refractivity contribution in [2.45, 2.75) is 12.5 Å². The second kappa shape index (κ2) is 6.51. The van der Waals surface area contributed by atoms with Crippen molar-refractivity contribution in [3.8, 4) is 0 Å². The molecule has 1 aromatic heterocycles. The van der Waals surface area contributed by atoms with Crippen molar-refractivity contribution >= 4 is 22.4 Å². The summed E-state index contributed by atoms with van der Waals surface area (Å²) >= 11 is 1.65. The van der Waals surface area contributed by atoms with Crippen molar-refractivity contribution in [1.29, 1.82) is 0 Å². The van der Waals surface area contributed by atoms with E-state index in [9.17, 15) is 4.79 Å². The van der Waals surface area contributed by atoms with E-state index in [0.717, 1.165) is 44.4 Å². The van der Waals surface area contributed by atoms with Gasteiger partial charge in [0, 0.05) is 50.8 Å². The summed E-state index contributed by atoms with van der Waals surface area (Å²) in [6, 6.07) is 0. The van der Waals surface area contributed by atoms with Crippen LogP contribution in [0.3, 0.4) is 0 Å². The highest BCUT2D eigenvalue weighted by Gasteiger charge is 2.25. The molecule has 2 aliphatic heterocycles. The van der Waals surface area contributed by atoms with Crippen molar-refractivity contribution in [2.75, 3.05) is 50.8 Å². The highest BCUT2D eigenvalue weighted by molar-refractivity contribution is 7.13. The van der Waals surface area contributed by atoms with Gasteiger partial charge < -0.3 is 19.9 Å². The van der Waals surface area contributed by atoms with Gasteiger partial charge in [-0.3, -0.25) is 4.79 Å². The molecule has 2 aliphatic rings. The van der Waals surface area contributed by atoms with E-state index in [0.29, 0.717) is 13.0 Å². The van der Waals surface area contributed by atoms with Crippen LogP contribution >= 0.6 is 11.3 Å². The molecule has 0 bridgehead atoms. The molecule has 1 atom stereocenters. The van der Waals surface area contributed by atoms with Gasteiger partial charge >= 0.3 is 0 Å². The number of nitrogens with one attached hydrogen (secondary N) is 1. The molecule has 7 heteroatoms. The predicted molar refractivity (Wildman–Crippen MR) is 78.1 cm³/mol. The molecule has 110 valence electrons. The van der Waals surface area contributed by atoms with Gasteiger partial charge in [-0.1, -0.05) is 0 Å². The minimum Gasteiger partial charge on any atom is -0.375 e. The first-order valence-electron chi connectivity index (χ1n) is 7.07. The van der Waals surface area contributed by atoms with Gasteiger partial charge in [-0.05, 0) is 0 Å². The van der Waals surface area contributed by atoms with Gasteiger partial charge in [0.2, 0.25) is 5.91 Å². The molecule has 0 spiro atoms. The van der Waals surface area contributed by atoms with Crippen LogP contribution in [0.1, 0.15) is 6.42 Å². The topological polar surface area (TPSA) is 57.7 Å². The third kappa shape index (κ3) is 3.28. The number of morpholine rings is 1. The van der Waals surface area contributed by atoms with Crippen molar-refractivity contribution in [2.24, 2.45) is 0 Å². The molecular formula is C13H20N4O2S. The first-order chi connectivity index (χ1) is 9.83. The monoisotopic (exact) mass is 296 g/mol. The summed E-state index contributed by atoms with van der Waals surface area (Å²) in [6.07, 6.45) is 2.35. The van der Waals surface area contributed by atoms with Crippen LogP contribution in [0.25, 0.3) is 0 Å². The zero-order valence-electron chi connectivity index (χ0n) is 11.5. The Morgan fingerprint density at radius 2 is 2.30 bits per heavy atom. The number of piperazine rings is 1. The van der Waals surface area contributed by atoms with E-state index >= 15 is 0 Å². The third-order valence-electron chi connectivity index (χ3n) is 3.73. The Balaban J connectivity index is 1.46. The van der Waals surface area contributed by atoms with Gasteiger partial charge in [0.1, 0.15) is 0 Å². The van der Waals surface area contributed by atoms with Gasteiger partial charge in [-0.25, -0.2) is 4.98 Å². The Bertz CT molecular complexity index is 426. The normalized spacial score (nSPS) is 23.9. The zero-order chi connectivity index (χ0) is 13.8. The van der Waals surface area contributed by atoms with Gasteiger partial charge in [-0.2, -0.15) is 0 Å². The number of carbonyl (C=O) groups is 1. The molecule has 0 radical (unpaired) electrons. The molecule has 2 fully saturated rings. The predicted octanol–water partition coefficient (Wildman–Crippen LogP) is 0.170. The standard InChI is InChI=1S/C13H20N4O2S/c18-12(9-11-10-14-1-7-19-11)16-3-5-17(6-4-16)13-15-2-8-20-13/h2,8,11,14H,1,3-7,9-10H2. The quantitative estimate of drug-likeness (QED) is 0.862. The summed E-state index contributed by atoms with van der Waals surface area (Å²) in [5, 5.41) is 6.30. The van der Waals surface area contributed by atoms with Crippen LogP contribution in [0.15, 0.2) is 11.6 Å². The summed E-state index contributed by atoms with van der Waals surface area (Å²) in [5.41, 5.74) is 0. The maximum absolute atomic E-state index is 12.2. The lowest BCUT2D eigenvalue weighted by atomic mass is 10.2. The second-order valence-corrected chi connectivity index (χ2v) is 5.96. The molecule has 2 saturated heterocycles. The van der Waals surface area contributed by atoms with E-state index in [1.54, 1.807) is 11.3 Å². The molecule has 1 aromatic rings. The van der Waals surface area contributed by atoms with Crippen molar-refractivity contribution in [3.05, 3.63) is 11.6 Å². The van der Waals surface area contributed by atoms with E-state index < -0.39 is 0 Å². The first-order valence-corrected chi connectivity index (χ1v) is 7.95. The lowest BCUT2D eigenvalue weighted by Gasteiger charge is -2.35. The third-order valence-corrected chi connectivity index (χ3v) is 4.56. The Morgan fingerprint density at radius 1 is 1.45 bits per heavy atom. The van der Waals surface area contributed by atoms with E-state index in [1.807, 2.05) is 16.5 Å². The molecule has 1 amide bonds. The number of thiazole rings is 1. The first kappa shape index (κ1) is 13.8. The van der Waals surface area contributed by atoms with Crippen LogP contribution in [-0.4, -0.2) is 67.8 Å². The van der Waals surface area contributed by atoms with E-state index in [4.69, 9.17) is 4.74 Å². The van der Waals surface area contributed by atoms with Crippen molar-refractivity contribution in [3.63, 3.8) is 0 Å². The highest BCUT2D eigenvalue weighted by atomic mass is 32.1. The Hall–Kier alpha value is -1.18. The van der Waals surface area contributed by atoms with Gasteiger partial charge in [0.15, 0.2) is 5.13 Å². The van der Waals surface area contributed by atoms with Gasteiger partial charge in [0.05, 0.1) is 19.1 Å². The lowest BCUT2D eigenvalue weighted by molar-refractivity contribution is -0.135. The number of aromatic nitrogens is 1. The molecule has 0 saturated carbocycles. The Kier molecular flexibility index (Phi) is 4.49. The zero-order valence-corrected chi connectivity index (χ0v) is 12.3. The largest absolute Gasteiger partial charge is 0.375 e. The van der Waals surface area contributed by atoms with E-state index in [-0.39, 0.29) is 12.0 Å². The molecule has 1 N–H and O–H groups in total. The summed E-state index contributed by atoms with van der Waals surface area (Å²) < 4.78 is 5.59. The molecular weight excluding hydrogens is 276 g/mol. The molecule has 6 nitrogen and oxygen atoms in total. The fourth-order valence-corrected chi connectivity index (χ4v) is 3.29. The summed E-state index contributed by atoms with van der Waals surface area (Å²) in [7, 11) is 0. The Labute approximate surface area is 122 Å². The van der Waals surface area contributed by atoms with Crippen LogP contribution in [0.4, 0.5) is 5.13 Å². The molecule has 1 unspecified atom stereocenters. The smallest absolute Gasteiger partial charge is 0.225 e. The number of hydrogen-bond acceptors (Lipinski definition) is 6. The van der Waals surface area contributed by atoms with E-state index in [2.05, 4.69) is 15.2 Å². The second-order valence-electron chi connectivity index (χ2n) is 5.08.